The highest BCUT2D eigenvalue weighted by atomic mass is 19.3. The van der Waals surface area contributed by atoms with Gasteiger partial charge in [-0.15, -0.1) is 0 Å². The third-order valence-corrected chi connectivity index (χ3v) is 6.58. The van der Waals surface area contributed by atoms with Crippen LogP contribution in [-0.2, 0) is 0 Å². The molecule has 1 nitrogen and oxygen atoms in total. The van der Waals surface area contributed by atoms with Crippen LogP contribution in [0.15, 0.2) is 60.7 Å². The van der Waals surface area contributed by atoms with E-state index in [-0.39, 0.29) is 11.5 Å². The fraction of sp³-hybridized carbons (Fsp3) is 0.357. The fourth-order valence-corrected chi connectivity index (χ4v) is 4.73. The van der Waals surface area contributed by atoms with E-state index >= 15 is 4.39 Å². The summed E-state index contributed by atoms with van der Waals surface area (Å²) in [5.41, 5.74) is 2.88. The van der Waals surface area contributed by atoms with Crippen LogP contribution in [0.25, 0.3) is 22.3 Å². The van der Waals surface area contributed by atoms with Gasteiger partial charge in [0.25, 0.3) is 6.43 Å². The molecule has 0 atom stereocenters. The van der Waals surface area contributed by atoms with Crippen LogP contribution in [0.3, 0.4) is 0 Å². The molecule has 1 saturated carbocycles. The fourth-order valence-electron chi connectivity index (χ4n) is 4.73. The monoisotopic (exact) mass is 438 g/mol. The molecule has 4 heteroatoms. The Morgan fingerprint density at radius 1 is 0.812 bits per heavy atom. The molecular weight excluding hydrogens is 409 g/mol. The summed E-state index contributed by atoms with van der Waals surface area (Å²) in [6, 6.07) is 18.5. The Hall–Kier alpha value is -2.75. The molecule has 168 valence electrons. The molecular formula is C28H29F3O. The van der Waals surface area contributed by atoms with Gasteiger partial charge in [0.1, 0.15) is 11.6 Å². The number of hydrogen-bond acceptors (Lipinski definition) is 1. The zero-order valence-corrected chi connectivity index (χ0v) is 18.6. The second-order valence-corrected chi connectivity index (χ2v) is 8.72. The normalized spacial score (nSPS) is 18.7. The molecule has 1 aliphatic rings. The molecule has 0 aliphatic heterocycles. The predicted octanol–water partition coefficient (Wildman–Crippen LogP) is 8.79. The molecule has 0 bridgehead atoms. The van der Waals surface area contributed by atoms with Crippen molar-refractivity contribution >= 4 is 0 Å². The minimum atomic E-state index is -2.83. The van der Waals surface area contributed by atoms with Gasteiger partial charge in [0.05, 0.1) is 12.2 Å². The van der Waals surface area contributed by atoms with Crippen LogP contribution in [0.1, 0.15) is 63.0 Å². The summed E-state index contributed by atoms with van der Waals surface area (Å²) >= 11 is 0. The van der Waals surface area contributed by atoms with E-state index in [9.17, 15) is 8.78 Å². The van der Waals surface area contributed by atoms with Crippen molar-refractivity contribution in [2.45, 2.75) is 51.9 Å². The highest BCUT2D eigenvalue weighted by Crippen LogP contribution is 2.42. The first kappa shape index (κ1) is 22.4. The van der Waals surface area contributed by atoms with Gasteiger partial charge in [-0.2, -0.15) is 0 Å². The number of rotatable bonds is 6. The lowest BCUT2D eigenvalue weighted by atomic mass is 9.77. The average Bonchev–Trinajstić information content (AvgIpc) is 2.80. The molecule has 32 heavy (non-hydrogen) atoms. The molecule has 0 spiro atoms. The Bertz CT molecular complexity index is 1030. The Kier molecular flexibility index (Phi) is 6.88. The van der Waals surface area contributed by atoms with Crippen molar-refractivity contribution in [3.05, 3.63) is 77.6 Å². The number of alkyl halides is 2. The lowest BCUT2D eigenvalue weighted by Crippen LogP contribution is -2.14. The van der Waals surface area contributed by atoms with E-state index in [0.29, 0.717) is 23.7 Å². The topological polar surface area (TPSA) is 9.23 Å². The number of hydrogen-bond donors (Lipinski definition) is 0. The molecule has 0 amide bonds. The van der Waals surface area contributed by atoms with Crippen LogP contribution in [0, 0.1) is 11.7 Å². The first-order valence-corrected chi connectivity index (χ1v) is 11.4. The molecule has 4 rings (SSSR count). The van der Waals surface area contributed by atoms with Gasteiger partial charge < -0.3 is 4.74 Å². The van der Waals surface area contributed by atoms with Crippen LogP contribution < -0.4 is 4.74 Å². The zero-order valence-electron chi connectivity index (χ0n) is 18.6. The summed E-state index contributed by atoms with van der Waals surface area (Å²) < 4.78 is 48.7. The van der Waals surface area contributed by atoms with Gasteiger partial charge in [0, 0.05) is 5.56 Å². The summed E-state index contributed by atoms with van der Waals surface area (Å²) in [7, 11) is 0. The van der Waals surface area contributed by atoms with Gasteiger partial charge in [-0.05, 0) is 66.0 Å². The van der Waals surface area contributed by atoms with Crippen molar-refractivity contribution in [1.29, 1.82) is 0 Å². The minimum Gasteiger partial charge on any atom is -0.494 e. The molecule has 0 aromatic heterocycles. The van der Waals surface area contributed by atoms with E-state index in [0.717, 1.165) is 42.6 Å². The average molecular weight is 439 g/mol. The van der Waals surface area contributed by atoms with E-state index in [1.165, 1.54) is 0 Å². The van der Waals surface area contributed by atoms with Gasteiger partial charge in [0.15, 0.2) is 0 Å². The van der Waals surface area contributed by atoms with E-state index < -0.39 is 17.8 Å². The highest BCUT2D eigenvalue weighted by molar-refractivity contribution is 5.72. The summed E-state index contributed by atoms with van der Waals surface area (Å²) in [5.74, 6) is 0.645. The second-order valence-electron chi connectivity index (χ2n) is 8.72. The lowest BCUT2D eigenvalue weighted by Gasteiger charge is -2.28. The standard InChI is InChI=1S/C28H29F3O/c1-3-32-23-14-12-20(13-15-23)19-8-10-22(11-9-19)25-17-16-24(26(27(25)29)28(30)31)21-6-4-18(2)5-7-21/h8-18,21,28H,3-7H2,1-2H3. The molecule has 0 N–H and O–H groups in total. The van der Waals surface area contributed by atoms with Crippen molar-refractivity contribution in [3.63, 3.8) is 0 Å². The quantitative estimate of drug-likeness (QED) is 0.374. The third-order valence-electron chi connectivity index (χ3n) is 6.58. The van der Waals surface area contributed by atoms with Crippen LogP contribution >= 0.6 is 0 Å². The van der Waals surface area contributed by atoms with Crippen molar-refractivity contribution in [3.8, 4) is 28.0 Å². The molecule has 1 fully saturated rings. The first-order valence-electron chi connectivity index (χ1n) is 11.4. The molecule has 3 aromatic carbocycles. The first-order chi connectivity index (χ1) is 15.5. The maximum atomic E-state index is 15.3. The molecule has 0 radical (unpaired) electrons. The molecule has 3 aromatic rings. The van der Waals surface area contributed by atoms with Gasteiger partial charge in [-0.25, -0.2) is 13.2 Å². The predicted molar refractivity (Wildman–Crippen MR) is 124 cm³/mol. The summed E-state index contributed by atoms with van der Waals surface area (Å²) in [5, 5.41) is 0. The molecule has 0 heterocycles. The van der Waals surface area contributed by atoms with Crippen molar-refractivity contribution in [2.24, 2.45) is 5.92 Å². The van der Waals surface area contributed by atoms with Crippen molar-refractivity contribution < 1.29 is 17.9 Å². The summed E-state index contributed by atoms with van der Waals surface area (Å²) in [4.78, 5) is 0. The Morgan fingerprint density at radius 3 is 1.94 bits per heavy atom. The maximum absolute atomic E-state index is 15.3. The zero-order chi connectivity index (χ0) is 22.7. The third kappa shape index (κ3) is 4.69. The minimum absolute atomic E-state index is 0.0146. The largest absolute Gasteiger partial charge is 0.494 e. The molecule has 0 unspecified atom stereocenters. The van der Waals surface area contributed by atoms with E-state index in [1.807, 2.05) is 43.3 Å². The Labute approximate surface area is 188 Å². The van der Waals surface area contributed by atoms with Crippen molar-refractivity contribution in [1.82, 2.24) is 0 Å². The smallest absolute Gasteiger partial charge is 0.266 e. The Morgan fingerprint density at radius 2 is 1.38 bits per heavy atom. The summed E-state index contributed by atoms with van der Waals surface area (Å²) in [6.45, 7) is 4.73. The van der Waals surface area contributed by atoms with Crippen LogP contribution in [0.4, 0.5) is 13.2 Å². The summed E-state index contributed by atoms with van der Waals surface area (Å²) in [6.07, 6.45) is 0.868. The van der Waals surface area contributed by atoms with Gasteiger partial charge in [-0.1, -0.05) is 68.3 Å². The molecule has 0 saturated heterocycles. The second kappa shape index (κ2) is 9.81. The van der Waals surface area contributed by atoms with E-state index in [2.05, 4.69) is 6.92 Å². The van der Waals surface area contributed by atoms with E-state index in [1.54, 1.807) is 24.3 Å². The van der Waals surface area contributed by atoms with Crippen LogP contribution in [0.5, 0.6) is 5.75 Å². The van der Waals surface area contributed by atoms with Gasteiger partial charge >= 0.3 is 0 Å². The number of halogens is 3. The SMILES string of the molecule is CCOc1ccc(-c2ccc(-c3ccc(C4CCC(C)CC4)c(C(F)F)c3F)cc2)cc1. The molecule has 1 aliphatic carbocycles. The lowest BCUT2D eigenvalue weighted by molar-refractivity contribution is 0.144. The number of benzene rings is 3. The van der Waals surface area contributed by atoms with Gasteiger partial charge in [0.2, 0.25) is 0 Å². The Balaban J connectivity index is 1.62. The van der Waals surface area contributed by atoms with Gasteiger partial charge in [-0.3, -0.25) is 0 Å². The maximum Gasteiger partial charge on any atom is 0.266 e. The van der Waals surface area contributed by atoms with Crippen molar-refractivity contribution in [2.75, 3.05) is 6.61 Å². The number of ether oxygens (including phenoxy) is 1. The van der Waals surface area contributed by atoms with E-state index in [4.69, 9.17) is 4.74 Å². The van der Waals surface area contributed by atoms with Crippen LogP contribution in [0.2, 0.25) is 0 Å². The van der Waals surface area contributed by atoms with Crippen LogP contribution in [-0.4, -0.2) is 6.61 Å². The highest BCUT2D eigenvalue weighted by Gasteiger charge is 2.28.